The lowest BCUT2D eigenvalue weighted by Crippen LogP contribution is -2.68. The van der Waals surface area contributed by atoms with Gasteiger partial charge in [0.1, 0.15) is 0 Å². The van der Waals surface area contributed by atoms with Gasteiger partial charge in [0, 0.05) is 41.9 Å². The fourth-order valence-corrected chi connectivity index (χ4v) is 5.04. The topological polar surface area (TPSA) is 45.7 Å². The van der Waals surface area contributed by atoms with Crippen LogP contribution in [0.3, 0.4) is 0 Å². The maximum absolute atomic E-state index is 5.90. The van der Waals surface area contributed by atoms with Gasteiger partial charge >= 0.3 is 0 Å². The summed E-state index contributed by atoms with van der Waals surface area (Å²) in [4.78, 5) is 6.30. The predicted octanol–water partition coefficient (Wildman–Crippen LogP) is 3.30. The predicted molar refractivity (Wildman–Crippen MR) is 102 cm³/mol. The Balaban J connectivity index is 1.57. The van der Waals surface area contributed by atoms with E-state index in [9.17, 15) is 0 Å². The van der Waals surface area contributed by atoms with E-state index in [1.165, 1.54) is 11.3 Å². The molecule has 2 fully saturated rings. The van der Waals surface area contributed by atoms with E-state index in [0.717, 1.165) is 32.1 Å². The van der Waals surface area contributed by atoms with Gasteiger partial charge in [0.05, 0.1) is 6.10 Å². The number of ether oxygens (including phenoxy) is 1. The summed E-state index contributed by atoms with van der Waals surface area (Å²) in [6.45, 7) is 11.7. The van der Waals surface area contributed by atoms with Crippen LogP contribution in [0.1, 0.15) is 39.0 Å². The normalized spacial score (nSPS) is 29.7. The van der Waals surface area contributed by atoms with Crippen LogP contribution in [0.2, 0.25) is 0 Å². The van der Waals surface area contributed by atoms with Gasteiger partial charge in [-0.2, -0.15) is 0 Å². The molecular formula is C19H31N3OS. The molecule has 1 aromatic heterocycles. The Kier molecular flexibility index (Phi) is 5.50. The molecule has 24 heavy (non-hydrogen) atoms. The highest BCUT2D eigenvalue weighted by atomic mass is 32.1. The van der Waals surface area contributed by atoms with Crippen molar-refractivity contribution < 1.29 is 4.74 Å². The number of fused-ring (bicyclic) bond motifs is 1. The molecule has 0 spiro atoms. The third-order valence-corrected chi connectivity index (χ3v) is 6.33. The molecule has 4 nitrogen and oxygen atoms in total. The molecule has 134 valence electrons. The summed E-state index contributed by atoms with van der Waals surface area (Å²) in [5, 5.41) is 9.25. The zero-order chi connectivity index (χ0) is 17.2. The van der Waals surface area contributed by atoms with Crippen LogP contribution < -0.4 is 10.6 Å². The van der Waals surface area contributed by atoms with E-state index in [0.29, 0.717) is 24.0 Å². The van der Waals surface area contributed by atoms with Gasteiger partial charge in [0.15, 0.2) is 5.96 Å². The van der Waals surface area contributed by atoms with Crippen molar-refractivity contribution in [1.82, 2.24) is 10.6 Å². The van der Waals surface area contributed by atoms with Gasteiger partial charge in [0.2, 0.25) is 0 Å². The number of aliphatic imine (C=N–C) groups is 1. The number of hydrogen-bond acceptors (Lipinski definition) is 3. The smallest absolute Gasteiger partial charge is 0.191 e. The summed E-state index contributed by atoms with van der Waals surface area (Å²) in [6, 6.07) is 4.79. The lowest BCUT2D eigenvalue weighted by atomic mass is 9.57. The highest BCUT2D eigenvalue weighted by Crippen LogP contribution is 2.52. The van der Waals surface area contributed by atoms with E-state index < -0.39 is 0 Å². The second kappa shape index (κ2) is 7.44. The van der Waals surface area contributed by atoms with Gasteiger partial charge in [-0.15, -0.1) is 11.3 Å². The van der Waals surface area contributed by atoms with Crippen LogP contribution >= 0.6 is 11.3 Å². The molecule has 0 bridgehead atoms. The van der Waals surface area contributed by atoms with Crippen LogP contribution in [0.4, 0.5) is 0 Å². The first-order chi connectivity index (χ1) is 11.5. The number of rotatable bonds is 6. The fraction of sp³-hybridized carbons (Fsp3) is 0.737. The van der Waals surface area contributed by atoms with Crippen LogP contribution in [-0.2, 0) is 11.2 Å². The van der Waals surface area contributed by atoms with Crippen molar-refractivity contribution in [3.8, 4) is 0 Å². The minimum Gasteiger partial charge on any atom is -0.377 e. The lowest BCUT2D eigenvalue weighted by Gasteiger charge is -2.54. The Hall–Kier alpha value is -1.07. The summed E-state index contributed by atoms with van der Waals surface area (Å²) in [5.74, 6) is 2.14. The Morgan fingerprint density at radius 1 is 1.50 bits per heavy atom. The first kappa shape index (κ1) is 17.7. The zero-order valence-corrected chi connectivity index (χ0v) is 16.2. The molecule has 2 aliphatic rings. The van der Waals surface area contributed by atoms with Gasteiger partial charge in [-0.05, 0) is 37.1 Å². The molecule has 1 saturated heterocycles. The van der Waals surface area contributed by atoms with Gasteiger partial charge in [-0.3, -0.25) is 4.99 Å². The zero-order valence-electron chi connectivity index (χ0n) is 15.3. The van der Waals surface area contributed by atoms with Gasteiger partial charge in [0.25, 0.3) is 0 Å². The minimum absolute atomic E-state index is 0.180. The lowest BCUT2D eigenvalue weighted by molar-refractivity contribution is -0.106. The Bertz CT molecular complexity index is 555. The van der Waals surface area contributed by atoms with Crippen molar-refractivity contribution in [3.05, 3.63) is 22.4 Å². The molecule has 2 N–H and O–H groups in total. The van der Waals surface area contributed by atoms with E-state index >= 15 is 0 Å². The molecule has 1 aliphatic heterocycles. The van der Waals surface area contributed by atoms with Crippen LogP contribution in [0, 0.1) is 17.3 Å². The summed E-state index contributed by atoms with van der Waals surface area (Å²) < 4.78 is 5.90. The number of thiophene rings is 1. The average Bonchev–Trinajstić information content (AvgIpc) is 3.20. The molecule has 2 heterocycles. The van der Waals surface area contributed by atoms with E-state index in [-0.39, 0.29) is 5.41 Å². The monoisotopic (exact) mass is 349 g/mol. The summed E-state index contributed by atoms with van der Waals surface area (Å²) in [7, 11) is 0. The summed E-state index contributed by atoms with van der Waals surface area (Å²) in [6.07, 6.45) is 2.68. The second-order valence-corrected chi connectivity index (χ2v) is 8.83. The third-order valence-electron chi connectivity index (χ3n) is 5.43. The van der Waals surface area contributed by atoms with E-state index in [1.54, 1.807) is 0 Å². The minimum atomic E-state index is 0.180. The van der Waals surface area contributed by atoms with Crippen LogP contribution in [-0.4, -0.2) is 37.8 Å². The van der Waals surface area contributed by atoms with E-state index in [2.05, 4.69) is 55.8 Å². The molecule has 0 aromatic carbocycles. The molecule has 1 aliphatic carbocycles. The van der Waals surface area contributed by atoms with Crippen molar-refractivity contribution >= 4 is 17.3 Å². The molecule has 4 unspecified atom stereocenters. The SMILES string of the molecule is CCNC(=NCC(C)Cc1cccs1)NC1C2CCOC2C1(C)C. The fourth-order valence-electron chi connectivity index (χ4n) is 4.17. The van der Waals surface area contributed by atoms with Crippen molar-refractivity contribution in [1.29, 1.82) is 0 Å². The summed E-state index contributed by atoms with van der Waals surface area (Å²) >= 11 is 1.84. The van der Waals surface area contributed by atoms with Crippen molar-refractivity contribution in [2.45, 2.75) is 52.7 Å². The number of guanidine groups is 1. The molecule has 0 amide bonds. The van der Waals surface area contributed by atoms with Crippen LogP contribution in [0.15, 0.2) is 22.5 Å². The maximum Gasteiger partial charge on any atom is 0.191 e. The van der Waals surface area contributed by atoms with Gasteiger partial charge < -0.3 is 15.4 Å². The molecule has 5 heteroatoms. The number of nitrogens with one attached hydrogen (secondary N) is 2. The molecule has 4 atom stereocenters. The molecule has 0 radical (unpaired) electrons. The van der Waals surface area contributed by atoms with Crippen molar-refractivity contribution in [3.63, 3.8) is 0 Å². The first-order valence-electron chi connectivity index (χ1n) is 9.21. The summed E-state index contributed by atoms with van der Waals surface area (Å²) in [5.41, 5.74) is 0.180. The van der Waals surface area contributed by atoms with Crippen molar-refractivity contribution in [2.24, 2.45) is 22.2 Å². The first-order valence-corrected chi connectivity index (χ1v) is 10.1. The van der Waals surface area contributed by atoms with Crippen LogP contribution in [0.25, 0.3) is 0 Å². The molecule has 3 rings (SSSR count). The highest BCUT2D eigenvalue weighted by Gasteiger charge is 2.59. The quantitative estimate of drug-likeness (QED) is 0.612. The van der Waals surface area contributed by atoms with E-state index in [1.807, 2.05) is 11.3 Å². The average molecular weight is 350 g/mol. The van der Waals surface area contributed by atoms with E-state index in [4.69, 9.17) is 9.73 Å². The molecule has 1 saturated carbocycles. The maximum atomic E-state index is 5.90. The van der Waals surface area contributed by atoms with Crippen LogP contribution in [0.5, 0.6) is 0 Å². The standard InChI is InChI=1S/C19H31N3OS/c1-5-20-18(21-12-13(2)11-14-7-6-10-24-14)22-16-15-8-9-23-17(15)19(16,3)4/h6-7,10,13,15-17H,5,8-9,11-12H2,1-4H3,(H2,20,21,22). The second-order valence-electron chi connectivity index (χ2n) is 7.80. The number of hydrogen-bond donors (Lipinski definition) is 2. The molecular weight excluding hydrogens is 318 g/mol. The molecule has 1 aromatic rings. The van der Waals surface area contributed by atoms with Gasteiger partial charge in [-0.25, -0.2) is 0 Å². The van der Waals surface area contributed by atoms with Crippen molar-refractivity contribution in [2.75, 3.05) is 19.7 Å². The van der Waals surface area contributed by atoms with Gasteiger partial charge in [-0.1, -0.05) is 26.8 Å². The third kappa shape index (κ3) is 3.62. The Morgan fingerprint density at radius 2 is 2.33 bits per heavy atom. The largest absolute Gasteiger partial charge is 0.377 e. The Labute approximate surface area is 150 Å². The highest BCUT2D eigenvalue weighted by molar-refractivity contribution is 7.09. The Morgan fingerprint density at radius 3 is 3.04 bits per heavy atom. The number of nitrogens with zero attached hydrogens (tertiary/aromatic N) is 1.